The monoisotopic (exact) mass is 479 g/mol. The van der Waals surface area contributed by atoms with Crippen molar-refractivity contribution >= 4 is 40.1 Å². The first-order chi connectivity index (χ1) is 12.7. The van der Waals surface area contributed by atoms with Crippen LogP contribution in [0.5, 0.6) is 0 Å². The highest BCUT2D eigenvalue weighted by molar-refractivity contribution is 14.1. The fraction of sp³-hybridized carbons (Fsp3) is 0.333. The first-order valence-corrected chi connectivity index (χ1v) is 9.85. The quantitative estimate of drug-likeness (QED) is 0.593. The fourth-order valence-corrected chi connectivity index (χ4v) is 3.51. The van der Waals surface area contributed by atoms with Crippen LogP contribution in [0.25, 0.3) is 0 Å². The first-order valence-electron chi connectivity index (χ1n) is 8.77. The Hall–Kier alpha value is -1.93. The number of carbonyl (C=O) groups excluding carboxylic acids is 2. The van der Waals surface area contributed by atoms with Gasteiger partial charge in [-0.3, -0.25) is 9.59 Å². The Bertz CT molecular complexity index is 801. The van der Waals surface area contributed by atoms with E-state index in [2.05, 4.69) is 52.0 Å². The molecular weight excluding hydrogens is 453 g/mol. The van der Waals surface area contributed by atoms with Gasteiger partial charge in [0.25, 0.3) is 11.8 Å². The van der Waals surface area contributed by atoms with Crippen molar-refractivity contribution in [1.29, 1.82) is 0 Å². The minimum absolute atomic E-state index is 0.0140. The maximum atomic E-state index is 12.4. The van der Waals surface area contributed by atoms with Crippen LogP contribution in [-0.4, -0.2) is 43.9 Å². The van der Waals surface area contributed by atoms with E-state index in [0.29, 0.717) is 23.4 Å². The predicted octanol–water partition coefficient (Wildman–Crippen LogP) is 3.86. The summed E-state index contributed by atoms with van der Waals surface area (Å²) < 4.78 is 0.893. The molecule has 2 amide bonds. The van der Waals surface area contributed by atoms with Crippen LogP contribution >= 0.6 is 22.6 Å². The lowest BCUT2D eigenvalue weighted by Crippen LogP contribution is -2.39. The van der Waals surface area contributed by atoms with Gasteiger partial charge in [-0.15, -0.1) is 0 Å². The SMILES string of the molecule is CN(C)CC(C)(C)CNC(=O)c1ccc(NC(=O)c2ccccc2I)cc1. The first kappa shape index (κ1) is 21.4. The molecule has 0 aliphatic heterocycles. The Morgan fingerprint density at radius 3 is 2.22 bits per heavy atom. The summed E-state index contributed by atoms with van der Waals surface area (Å²) in [4.78, 5) is 26.8. The molecule has 0 saturated carbocycles. The van der Waals surface area contributed by atoms with Gasteiger partial charge < -0.3 is 15.5 Å². The molecule has 0 radical (unpaired) electrons. The van der Waals surface area contributed by atoms with Crippen molar-refractivity contribution in [1.82, 2.24) is 10.2 Å². The van der Waals surface area contributed by atoms with Gasteiger partial charge in [-0.25, -0.2) is 0 Å². The molecule has 0 heterocycles. The number of rotatable bonds is 7. The lowest BCUT2D eigenvalue weighted by Gasteiger charge is -2.28. The second-order valence-electron chi connectivity index (χ2n) is 7.60. The Labute approximate surface area is 174 Å². The second-order valence-corrected chi connectivity index (χ2v) is 8.76. The summed E-state index contributed by atoms with van der Waals surface area (Å²) in [7, 11) is 4.04. The molecule has 0 aromatic heterocycles. The predicted molar refractivity (Wildman–Crippen MR) is 118 cm³/mol. The van der Waals surface area contributed by atoms with Crippen LogP contribution in [-0.2, 0) is 0 Å². The van der Waals surface area contributed by atoms with Gasteiger partial charge in [-0.05, 0) is 78.5 Å². The smallest absolute Gasteiger partial charge is 0.256 e. The van der Waals surface area contributed by atoms with Crippen molar-refractivity contribution in [3.63, 3.8) is 0 Å². The lowest BCUT2D eigenvalue weighted by atomic mass is 9.93. The van der Waals surface area contributed by atoms with Crippen LogP contribution in [0.1, 0.15) is 34.6 Å². The van der Waals surface area contributed by atoms with Crippen molar-refractivity contribution in [2.75, 3.05) is 32.5 Å². The third kappa shape index (κ3) is 6.62. The highest BCUT2D eigenvalue weighted by Gasteiger charge is 2.20. The summed E-state index contributed by atoms with van der Waals surface area (Å²) in [6.07, 6.45) is 0. The highest BCUT2D eigenvalue weighted by atomic mass is 127. The molecule has 2 rings (SSSR count). The standard InChI is InChI=1S/C21H26IN3O2/c1-21(2,14-25(3)4)13-23-19(26)15-9-11-16(12-10-15)24-20(27)17-7-5-6-8-18(17)22/h5-12H,13-14H2,1-4H3,(H,23,26)(H,24,27). The Balaban J connectivity index is 1.95. The second kappa shape index (κ2) is 9.32. The third-order valence-corrected chi connectivity index (χ3v) is 4.94. The van der Waals surface area contributed by atoms with E-state index in [1.165, 1.54) is 0 Å². The minimum Gasteiger partial charge on any atom is -0.351 e. The van der Waals surface area contributed by atoms with Crippen molar-refractivity contribution < 1.29 is 9.59 Å². The van der Waals surface area contributed by atoms with E-state index < -0.39 is 0 Å². The third-order valence-electron chi connectivity index (χ3n) is 4.00. The Morgan fingerprint density at radius 2 is 1.63 bits per heavy atom. The molecule has 6 heteroatoms. The van der Waals surface area contributed by atoms with Gasteiger partial charge in [0.05, 0.1) is 5.56 Å². The van der Waals surface area contributed by atoms with Gasteiger partial charge in [-0.2, -0.15) is 0 Å². The highest BCUT2D eigenvalue weighted by Crippen LogP contribution is 2.17. The topological polar surface area (TPSA) is 61.4 Å². The van der Waals surface area contributed by atoms with Gasteiger partial charge in [-0.1, -0.05) is 26.0 Å². The summed E-state index contributed by atoms with van der Waals surface area (Å²) >= 11 is 2.14. The summed E-state index contributed by atoms with van der Waals surface area (Å²) in [6, 6.07) is 14.3. The fourth-order valence-electron chi connectivity index (χ4n) is 2.88. The summed E-state index contributed by atoms with van der Waals surface area (Å²) in [5.41, 5.74) is 1.84. The lowest BCUT2D eigenvalue weighted by molar-refractivity contribution is 0.0929. The maximum Gasteiger partial charge on any atom is 0.256 e. The molecule has 0 atom stereocenters. The number of halogens is 1. The summed E-state index contributed by atoms with van der Waals surface area (Å²) in [5, 5.41) is 5.85. The Morgan fingerprint density at radius 1 is 1.00 bits per heavy atom. The molecule has 0 aliphatic rings. The van der Waals surface area contributed by atoms with E-state index in [4.69, 9.17) is 0 Å². The van der Waals surface area contributed by atoms with E-state index in [0.717, 1.165) is 10.1 Å². The zero-order chi connectivity index (χ0) is 20.0. The normalized spacial score (nSPS) is 11.3. The van der Waals surface area contributed by atoms with E-state index in [9.17, 15) is 9.59 Å². The number of anilines is 1. The largest absolute Gasteiger partial charge is 0.351 e. The van der Waals surface area contributed by atoms with E-state index in [1.54, 1.807) is 30.3 Å². The molecule has 144 valence electrons. The van der Waals surface area contributed by atoms with E-state index in [1.807, 2.05) is 32.3 Å². The number of nitrogens with one attached hydrogen (secondary N) is 2. The van der Waals surface area contributed by atoms with Crippen LogP contribution in [0.4, 0.5) is 5.69 Å². The van der Waals surface area contributed by atoms with Crippen LogP contribution in [0.15, 0.2) is 48.5 Å². The van der Waals surface area contributed by atoms with Gasteiger partial charge in [0.2, 0.25) is 0 Å². The zero-order valence-corrected chi connectivity index (χ0v) is 18.3. The van der Waals surface area contributed by atoms with Crippen molar-refractivity contribution in [3.8, 4) is 0 Å². The van der Waals surface area contributed by atoms with Gasteiger partial charge in [0.1, 0.15) is 0 Å². The molecule has 0 saturated heterocycles. The molecule has 2 aromatic carbocycles. The molecule has 2 N–H and O–H groups in total. The molecule has 0 bridgehead atoms. The number of carbonyl (C=O) groups is 2. The average molecular weight is 479 g/mol. The van der Waals surface area contributed by atoms with Gasteiger partial charge >= 0.3 is 0 Å². The van der Waals surface area contributed by atoms with Gasteiger partial charge in [0, 0.05) is 27.9 Å². The number of amides is 2. The van der Waals surface area contributed by atoms with E-state index in [-0.39, 0.29) is 17.2 Å². The average Bonchev–Trinajstić information content (AvgIpc) is 2.59. The summed E-state index contributed by atoms with van der Waals surface area (Å²) in [6.45, 7) is 5.72. The number of nitrogens with zero attached hydrogens (tertiary/aromatic N) is 1. The van der Waals surface area contributed by atoms with Gasteiger partial charge in [0.15, 0.2) is 0 Å². The van der Waals surface area contributed by atoms with Crippen molar-refractivity contribution in [2.24, 2.45) is 5.41 Å². The molecule has 5 nitrogen and oxygen atoms in total. The van der Waals surface area contributed by atoms with Crippen LogP contribution in [0.3, 0.4) is 0 Å². The van der Waals surface area contributed by atoms with E-state index >= 15 is 0 Å². The maximum absolute atomic E-state index is 12.4. The van der Waals surface area contributed by atoms with Crippen LogP contribution in [0.2, 0.25) is 0 Å². The van der Waals surface area contributed by atoms with Crippen molar-refractivity contribution in [3.05, 3.63) is 63.2 Å². The molecular formula is C21H26IN3O2. The zero-order valence-electron chi connectivity index (χ0n) is 16.2. The number of benzene rings is 2. The molecule has 27 heavy (non-hydrogen) atoms. The molecule has 0 fully saturated rings. The van der Waals surface area contributed by atoms with Crippen molar-refractivity contribution in [2.45, 2.75) is 13.8 Å². The number of hydrogen-bond donors (Lipinski definition) is 2. The number of hydrogen-bond acceptors (Lipinski definition) is 3. The Kier molecular flexibility index (Phi) is 7.38. The minimum atomic E-state index is -0.164. The summed E-state index contributed by atoms with van der Waals surface area (Å²) in [5.74, 6) is -0.278. The molecule has 0 aliphatic carbocycles. The molecule has 0 spiro atoms. The molecule has 0 unspecified atom stereocenters. The van der Waals surface area contributed by atoms with Crippen LogP contribution < -0.4 is 10.6 Å². The van der Waals surface area contributed by atoms with Crippen LogP contribution in [0, 0.1) is 8.99 Å². The molecule has 2 aromatic rings.